The van der Waals surface area contributed by atoms with Gasteiger partial charge in [-0.05, 0) is 12.8 Å². The van der Waals surface area contributed by atoms with E-state index in [1.807, 2.05) is 0 Å². The Labute approximate surface area is 99.3 Å². The molecule has 1 aliphatic rings. The van der Waals surface area contributed by atoms with Crippen LogP contribution >= 0.6 is 0 Å². The quantitative estimate of drug-likeness (QED) is 0.698. The summed E-state index contributed by atoms with van der Waals surface area (Å²) in [4.78, 5) is 11.5. The Kier molecular flexibility index (Phi) is 6.64. The third kappa shape index (κ3) is 5.61. The zero-order valence-corrected chi connectivity index (χ0v) is 10.4. The van der Waals surface area contributed by atoms with Crippen LogP contribution in [0.2, 0.25) is 0 Å². The number of hydrogen-bond acceptors (Lipinski definition) is 3. The summed E-state index contributed by atoms with van der Waals surface area (Å²) in [5, 5.41) is 11.5. The smallest absolute Gasteiger partial charge is 0.232 e. The van der Waals surface area contributed by atoms with Crippen molar-refractivity contribution in [2.45, 2.75) is 44.6 Å². The van der Waals surface area contributed by atoms with E-state index in [1.54, 1.807) is 0 Å². The number of aliphatic hydroxyl groups is 1. The molecule has 1 aliphatic carbocycles. The molecule has 1 fully saturated rings. The molecule has 1 saturated carbocycles. The summed E-state index contributed by atoms with van der Waals surface area (Å²) in [5.41, 5.74) is 0. The van der Waals surface area contributed by atoms with Gasteiger partial charge in [-0.15, -0.1) is 0 Å². The molecule has 1 unspecified atom stereocenters. The molecular formula is C11H21NO3S. The Hall–Kier alpha value is -0.420. The molecule has 0 aromatic rings. The minimum Gasteiger partial charge on any atom is -0.395 e. The van der Waals surface area contributed by atoms with Crippen LogP contribution in [0.15, 0.2) is 0 Å². The van der Waals surface area contributed by atoms with Gasteiger partial charge in [0.05, 0.1) is 6.61 Å². The lowest BCUT2D eigenvalue weighted by atomic mass is 10.1. The van der Waals surface area contributed by atoms with E-state index in [0.717, 1.165) is 12.8 Å². The normalized spacial score (nSPS) is 20.1. The van der Waals surface area contributed by atoms with E-state index in [9.17, 15) is 9.00 Å². The predicted octanol–water partition coefficient (Wildman–Crippen LogP) is 0.566. The van der Waals surface area contributed by atoms with Gasteiger partial charge in [-0.1, -0.05) is 25.7 Å². The Bertz CT molecular complexity index is 237. The van der Waals surface area contributed by atoms with Crippen LogP contribution in [0.5, 0.6) is 0 Å². The lowest BCUT2D eigenvalue weighted by Crippen LogP contribution is -2.37. The Morgan fingerprint density at radius 2 is 1.88 bits per heavy atom. The minimum absolute atomic E-state index is 0.0249. The average molecular weight is 247 g/mol. The first kappa shape index (κ1) is 13.6. The molecule has 1 rings (SSSR count). The summed E-state index contributed by atoms with van der Waals surface area (Å²) in [7, 11) is -1.22. The van der Waals surface area contributed by atoms with E-state index in [2.05, 4.69) is 5.32 Å². The topological polar surface area (TPSA) is 66.4 Å². The van der Waals surface area contributed by atoms with Gasteiger partial charge >= 0.3 is 0 Å². The van der Waals surface area contributed by atoms with E-state index in [0.29, 0.717) is 0 Å². The number of carbonyl (C=O) groups excluding carboxylic acids is 1. The van der Waals surface area contributed by atoms with Gasteiger partial charge in [-0.2, -0.15) is 0 Å². The molecule has 1 amide bonds. The van der Waals surface area contributed by atoms with Gasteiger partial charge in [0.2, 0.25) is 5.91 Å². The highest BCUT2D eigenvalue weighted by atomic mass is 32.2. The number of carbonyl (C=O) groups is 1. The minimum atomic E-state index is -1.22. The maximum Gasteiger partial charge on any atom is 0.232 e. The Balaban J connectivity index is 2.24. The van der Waals surface area contributed by atoms with E-state index < -0.39 is 10.8 Å². The molecule has 0 bridgehead atoms. The fourth-order valence-electron chi connectivity index (χ4n) is 2.01. The second-order valence-electron chi connectivity index (χ2n) is 4.27. The van der Waals surface area contributed by atoms with E-state index in [-0.39, 0.29) is 30.1 Å². The van der Waals surface area contributed by atoms with Crippen molar-refractivity contribution < 1.29 is 14.1 Å². The summed E-state index contributed by atoms with van der Waals surface area (Å²) in [5.74, 6) is 0.0773. The van der Waals surface area contributed by atoms with Crippen LogP contribution < -0.4 is 5.32 Å². The number of hydrogen-bond donors (Lipinski definition) is 2. The molecule has 94 valence electrons. The average Bonchev–Trinajstić information content (AvgIpc) is 2.46. The Morgan fingerprint density at radius 3 is 2.44 bits per heavy atom. The van der Waals surface area contributed by atoms with Gasteiger partial charge in [-0.3, -0.25) is 9.00 Å². The summed E-state index contributed by atoms with van der Waals surface area (Å²) < 4.78 is 11.3. The van der Waals surface area contributed by atoms with Crippen molar-refractivity contribution >= 4 is 16.7 Å². The first-order valence-electron chi connectivity index (χ1n) is 5.97. The van der Waals surface area contributed by atoms with Crippen LogP contribution in [-0.2, 0) is 15.6 Å². The highest BCUT2D eigenvalue weighted by Crippen LogP contribution is 2.16. The lowest BCUT2D eigenvalue weighted by Gasteiger charge is -2.15. The number of aliphatic hydroxyl groups excluding tert-OH is 1. The van der Waals surface area contributed by atoms with Crippen molar-refractivity contribution in [1.82, 2.24) is 5.32 Å². The predicted molar refractivity (Wildman–Crippen MR) is 64.6 cm³/mol. The van der Waals surface area contributed by atoms with Gasteiger partial charge < -0.3 is 10.4 Å². The van der Waals surface area contributed by atoms with Crippen molar-refractivity contribution in [3.05, 3.63) is 0 Å². The van der Waals surface area contributed by atoms with Crippen molar-refractivity contribution in [3.8, 4) is 0 Å². The van der Waals surface area contributed by atoms with Crippen molar-refractivity contribution in [2.24, 2.45) is 0 Å². The zero-order chi connectivity index (χ0) is 11.8. The third-order valence-corrected chi connectivity index (χ3v) is 4.05. The molecular weight excluding hydrogens is 226 g/mol. The first-order valence-corrected chi connectivity index (χ1v) is 7.46. The number of amides is 1. The Morgan fingerprint density at radius 1 is 1.25 bits per heavy atom. The number of rotatable bonds is 5. The first-order chi connectivity index (χ1) is 7.72. The van der Waals surface area contributed by atoms with E-state index in [4.69, 9.17) is 5.11 Å². The second kappa shape index (κ2) is 7.79. The van der Waals surface area contributed by atoms with Gasteiger partial charge in [0, 0.05) is 22.6 Å². The molecule has 0 spiro atoms. The van der Waals surface area contributed by atoms with Crippen LogP contribution in [0.25, 0.3) is 0 Å². The van der Waals surface area contributed by atoms with Gasteiger partial charge in [0.25, 0.3) is 0 Å². The summed E-state index contributed by atoms with van der Waals surface area (Å²) in [6.07, 6.45) is 6.93. The van der Waals surface area contributed by atoms with Crippen LogP contribution in [0.3, 0.4) is 0 Å². The molecule has 5 heteroatoms. The molecule has 0 radical (unpaired) electrons. The van der Waals surface area contributed by atoms with E-state index in [1.165, 1.54) is 25.7 Å². The largest absolute Gasteiger partial charge is 0.395 e. The maximum atomic E-state index is 11.5. The number of nitrogens with one attached hydrogen (secondary N) is 1. The fourth-order valence-corrected chi connectivity index (χ4v) is 2.74. The molecule has 4 nitrogen and oxygen atoms in total. The lowest BCUT2D eigenvalue weighted by molar-refractivity contribution is -0.119. The monoisotopic (exact) mass is 247 g/mol. The maximum absolute atomic E-state index is 11.5. The van der Waals surface area contributed by atoms with Crippen molar-refractivity contribution in [3.63, 3.8) is 0 Å². The van der Waals surface area contributed by atoms with Crippen LogP contribution in [0.4, 0.5) is 0 Å². The summed E-state index contributed by atoms with van der Waals surface area (Å²) >= 11 is 0. The van der Waals surface area contributed by atoms with Gasteiger partial charge in [0.1, 0.15) is 5.75 Å². The van der Waals surface area contributed by atoms with E-state index >= 15 is 0 Å². The molecule has 0 aliphatic heterocycles. The summed E-state index contributed by atoms with van der Waals surface area (Å²) in [6.45, 7) is -0.122. The third-order valence-electron chi connectivity index (χ3n) is 2.83. The highest BCUT2D eigenvalue weighted by Gasteiger charge is 2.15. The summed E-state index contributed by atoms with van der Waals surface area (Å²) in [6, 6.07) is 0.265. The van der Waals surface area contributed by atoms with Crippen LogP contribution in [0.1, 0.15) is 38.5 Å². The second-order valence-corrected chi connectivity index (χ2v) is 5.84. The van der Waals surface area contributed by atoms with Crippen molar-refractivity contribution in [2.75, 3.05) is 18.1 Å². The molecule has 0 heterocycles. The molecule has 0 aromatic carbocycles. The highest BCUT2D eigenvalue weighted by molar-refractivity contribution is 7.85. The standard InChI is InChI=1S/C11H21NO3S/c13-7-8-16(15)9-11(14)12-10-5-3-1-2-4-6-10/h10,13H,1-9H2,(H,12,14). The SMILES string of the molecule is O=C(CS(=O)CCO)NC1CCCCCC1. The van der Waals surface area contributed by atoms with Gasteiger partial charge in [-0.25, -0.2) is 0 Å². The molecule has 0 aromatic heterocycles. The molecule has 1 atom stereocenters. The van der Waals surface area contributed by atoms with Crippen LogP contribution in [-0.4, -0.2) is 39.4 Å². The molecule has 2 N–H and O–H groups in total. The molecule has 0 saturated heterocycles. The van der Waals surface area contributed by atoms with Crippen molar-refractivity contribution in [1.29, 1.82) is 0 Å². The molecule has 16 heavy (non-hydrogen) atoms. The van der Waals surface area contributed by atoms with Crippen LogP contribution in [0, 0.1) is 0 Å². The fraction of sp³-hybridized carbons (Fsp3) is 0.909. The zero-order valence-electron chi connectivity index (χ0n) is 9.61. The van der Waals surface area contributed by atoms with Gasteiger partial charge in [0.15, 0.2) is 0 Å².